The molecule has 2 saturated heterocycles. The molecule has 4 amide bonds. The lowest BCUT2D eigenvalue weighted by Gasteiger charge is -2.36. The molecule has 0 radical (unpaired) electrons. The third-order valence-electron chi connectivity index (χ3n) is 5.91. The number of furan rings is 1. The number of Topliss-reactive ketones (excluding diaryl/α,β-unsaturated/α-hetero) is 1. The van der Waals surface area contributed by atoms with E-state index in [9.17, 15) is 23.6 Å². The Morgan fingerprint density at radius 2 is 1.88 bits per heavy atom. The average Bonchev–Trinajstić information content (AvgIpc) is 3.38. The number of amides is 4. The zero-order valence-corrected chi connectivity index (χ0v) is 17.8. The lowest BCUT2D eigenvalue weighted by Crippen LogP contribution is -2.52. The van der Waals surface area contributed by atoms with Crippen molar-refractivity contribution in [3.8, 4) is 0 Å². The predicted octanol–water partition coefficient (Wildman–Crippen LogP) is 1.74. The highest BCUT2D eigenvalue weighted by Crippen LogP contribution is 2.29. The molecule has 0 bridgehead atoms. The number of piperazine rings is 1. The third-order valence-corrected chi connectivity index (χ3v) is 5.91. The van der Waals surface area contributed by atoms with Crippen molar-refractivity contribution in [1.29, 1.82) is 0 Å². The minimum absolute atomic E-state index is 0.213. The molecule has 1 N–H and O–H groups in total. The molecule has 2 aliphatic heterocycles. The number of anilines is 1. The van der Waals surface area contributed by atoms with Gasteiger partial charge in [0.2, 0.25) is 5.91 Å². The second-order valence-electron chi connectivity index (χ2n) is 8.01. The molecule has 1 aromatic carbocycles. The summed E-state index contributed by atoms with van der Waals surface area (Å²) in [5.41, 5.74) is -0.691. The number of hydrogen-bond donors (Lipinski definition) is 1. The lowest BCUT2D eigenvalue weighted by molar-refractivity contribution is -0.139. The van der Waals surface area contributed by atoms with Crippen LogP contribution in [0.15, 0.2) is 41.0 Å². The van der Waals surface area contributed by atoms with Gasteiger partial charge in [0.05, 0.1) is 12.0 Å². The summed E-state index contributed by atoms with van der Waals surface area (Å²) in [5, 5.41) is 2.59. The van der Waals surface area contributed by atoms with Crippen molar-refractivity contribution in [2.45, 2.75) is 19.4 Å². The maximum absolute atomic E-state index is 14.4. The fourth-order valence-corrected chi connectivity index (χ4v) is 3.98. The highest BCUT2D eigenvalue weighted by molar-refractivity contribution is 6.08. The van der Waals surface area contributed by atoms with E-state index in [1.165, 1.54) is 26.2 Å². The van der Waals surface area contributed by atoms with Gasteiger partial charge in [0, 0.05) is 31.7 Å². The van der Waals surface area contributed by atoms with Gasteiger partial charge in [-0.1, -0.05) is 0 Å². The van der Waals surface area contributed by atoms with Gasteiger partial charge in [-0.15, -0.1) is 0 Å². The number of imide groups is 1. The number of carbonyl (C=O) groups excluding carboxylic acids is 4. The van der Waals surface area contributed by atoms with E-state index in [1.807, 2.05) is 0 Å². The molecule has 1 unspecified atom stereocenters. The Kier molecular flexibility index (Phi) is 5.45. The Balaban J connectivity index is 1.38. The summed E-state index contributed by atoms with van der Waals surface area (Å²) in [4.78, 5) is 53.6. The van der Waals surface area contributed by atoms with Gasteiger partial charge in [0.1, 0.15) is 18.1 Å². The van der Waals surface area contributed by atoms with Gasteiger partial charge in [-0.3, -0.25) is 19.3 Å². The average molecular weight is 442 g/mol. The number of hydrogen-bond acceptors (Lipinski definition) is 6. The van der Waals surface area contributed by atoms with Crippen LogP contribution >= 0.6 is 0 Å². The maximum Gasteiger partial charge on any atom is 0.325 e. The van der Waals surface area contributed by atoms with E-state index in [-0.39, 0.29) is 24.0 Å². The van der Waals surface area contributed by atoms with Gasteiger partial charge in [-0.2, -0.15) is 0 Å². The van der Waals surface area contributed by atoms with Crippen LogP contribution in [0.25, 0.3) is 0 Å². The zero-order chi connectivity index (χ0) is 23.0. The van der Waals surface area contributed by atoms with Crippen molar-refractivity contribution in [3.63, 3.8) is 0 Å². The van der Waals surface area contributed by atoms with Crippen LogP contribution in [0.2, 0.25) is 0 Å². The molecule has 9 nitrogen and oxygen atoms in total. The van der Waals surface area contributed by atoms with Crippen LogP contribution in [-0.4, -0.2) is 66.2 Å². The second kappa shape index (κ2) is 8.10. The van der Waals surface area contributed by atoms with Crippen LogP contribution in [0, 0.1) is 5.82 Å². The van der Waals surface area contributed by atoms with E-state index < -0.39 is 23.3 Å². The molecular weight excluding hydrogens is 419 g/mol. The molecular formula is C22H23FN4O5. The normalized spacial score (nSPS) is 21.2. The topological polar surface area (TPSA) is 103 Å². The van der Waals surface area contributed by atoms with Crippen molar-refractivity contribution >= 4 is 29.3 Å². The Labute approximate surface area is 183 Å². The summed E-state index contributed by atoms with van der Waals surface area (Å²) in [5.74, 6) is -1.35. The Hall–Kier alpha value is -3.69. The van der Waals surface area contributed by atoms with Gasteiger partial charge in [0.15, 0.2) is 11.3 Å². The zero-order valence-electron chi connectivity index (χ0n) is 17.8. The summed E-state index contributed by atoms with van der Waals surface area (Å²) in [7, 11) is 0. The number of halogens is 1. The first kappa shape index (κ1) is 21.5. The number of nitrogens with one attached hydrogen (secondary N) is 1. The van der Waals surface area contributed by atoms with E-state index >= 15 is 0 Å². The maximum atomic E-state index is 14.4. The predicted molar refractivity (Wildman–Crippen MR) is 112 cm³/mol. The first-order valence-electron chi connectivity index (χ1n) is 10.2. The van der Waals surface area contributed by atoms with E-state index in [2.05, 4.69) is 5.32 Å². The fraction of sp³-hybridized carbons (Fsp3) is 0.364. The van der Waals surface area contributed by atoms with E-state index in [0.717, 1.165) is 4.90 Å². The molecule has 168 valence electrons. The molecule has 0 aliphatic carbocycles. The Bertz CT molecular complexity index is 1080. The quantitative estimate of drug-likeness (QED) is 0.559. The van der Waals surface area contributed by atoms with Crippen LogP contribution < -0.4 is 10.2 Å². The molecule has 4 rings (SSSR count). The van der Waals surface area contributed by atoms with Crippen molar-refractivity contribution in [1.82, 2.24) is 15.1 Å². The SMILES string of the molecule is CC(=O)c1ccc(N2CCN(C(=O)CN3C(=O)NC(C)(c4ccco4)C3=O)CC2)c(F)c1. The van der Waals surface area contributed by atoms with Crippen molar-refractivity contribution in [2.24, 2.45) is 0 Å². The van der Waals surface area contributed by atoms with Crippen molar-refractivity contribution in [2.75, 3.05) is 37.6 Å². The standard InChI is InChI=1S/C22H23FN4O5/c1-14(28)15-5-6-17(16(23)12-15)25-7-9-26(10-8-25)19(29)13-27-20(30)22(2,24-21(27)31)18-4-3-11-32-18/h3-6,11-12H,7-10,13H2,1-2H3,(H,24,31). The molecule has 0 spiro atoms. The Morgan fingerprint density at radius 3 is 2.47 bits per heavy atom. The minimum atomic E-state index is -1.36. The van der Waals surface area contributed by atoms with E-state index in [0.29, 0.717) is 37.4 Å². The van der Waals surface area contributed by atoms with E-state index in [1.54, 1.807) is 34.1 Å². The van der Waals surface area contributed by atoms with Gasteiger partial charge in [0.25, 0.3) is 5.91 Å². The van der Waals surface area contributed by atoms with Gasteiger partial charge >= 0.3 is 6.03 Å². The molecule has 32 heavy (non-hydrogen) atoms. The van der Waals surface area contributed by atoms with Crippen LogP contribution in [0.3, 0.4) is 0 Å². The number of carbonyl (C=O) groups is 4. The summed E-state index contributed by atoms with van der Waals surface area (Å²) < 4.78 is 19.7. The van der Waals surface area contributed by atoms with Crippen LogP contribution in [0.1, 0.15) is 30.0 Å². The molecule has 1 atom stereocenters. The lowest BCUT2D eigenvalue weighted by atomic mass is 9.99. The monoisotopic (exact) mass is 442 g/mol. The van der Waals surface area contributed by atoms with Gasteiger partial charge in [-0.25, -0.2) is 9.18 Å². The fourth-order valence-electron chi connectivity index (χ4n) is 3.98. The Morgan fingerprint density at radius 1 is 1.16 bits per heavy atom. The largest absolute Gasteiger partial charge is 0.466 e. The molecule has 10 heteroatoms. The van der Waals surface area contributed by atoms with E-state index in [4.69, 9.17) is 4.42 Å². The summed E-state index contributed by atoms with van der Waals surface area (Å²) in [6.45, 7) is 3.90. The number of rotatable bonds is 5. The molecule has 3 heterocycles. The number of ketones is 1. The molecule has 1 aromatic heterocycles. The summed E-state index contributed by atoms with van der Waals surface area (Å²) in [6, 6.07) is 6.89. The van der Waals surface area contributed by atoms with Crippen LogP contribution in [0.4, 0.5) is 14.9 Å². The number of benzene rings is 1. The van der Waals surface area contributed by atoms with Crippen molar-refractivity contribution in [3.05, 3.63) is 53.7 Å². The minimum Gasteiger partial charge on any atom is -0.466 e. The van der Waals surface area contributed by atoms with Crippen LogP contribution in [0.5, 0.6) is 0 Å². The first-order chi connectivity index (χ1) is 15.2. The first-order valence-corrected chi connectivity index (χ1v) is 10.2. The van der Waals surface area contributed by atoms with Gasteiger partial charge < -0.3 is 19.5 Å². The molecule has 2 fully saturated rings. The second-order valence-corrected chi connectivity index (χ2v) is 8.01. The molecule has 2 aromatic rings. The van der Waals surface area contributed by atoms with Crippen LogP contribution in [-0.2, 0) is 15.1 Å². The molecule has 2 aliphatic rings. The smallest absolute Gasteiger partial charge is 0.325 e. The number of nitrogens with zero attached hydrogens (tertiary/aromatic N) is 3. The highest BCUT2D eigenvalue weighted by atomic mass is 19.1. The van der Waals surface area contributed by atoms with Gasteiger partial charge in [-0.05, 0) is 44.2 Å². The highest BCUT2D eigenvalue weighted by Gasteiger charge is 2.51. The number of urea groups is 1. The summed E-state index contributed by atoms with van der Waals surface area (Å²) >= 11 is 0. The van der Waals surface area contributed by atoms with Crippen molar-refractivity contribution < 1.29 is 28.0 Å². The third kappa shape index (κ3) is 3.72. The molecule has 0 saturated carbocycles. The summed E-state index contributed by atoms with van der Waals surface area (Å²) in [6.07, 6.45) is 1.41.